The molecule has 1 fully saturated rings. The fraction of sp³-hybridized carbons (Fsp3) is 0.345. The van der Waals surface area contributed by atoms with Crippen molar-refractivity contribution >= 4 is 15.7 Å². The molecule has 35 heavy (non-hydrogen) atoms. The molecule has 4 rings (SSSR count). The average molecular weight is 491 g/mol. The predicted molar refractivity (Wildman–Crippen MR) is 140 cm³/mol. The Morgan fingerprint density at radius 1 is 0.886 bits per heavy atom. The summed E-state index contributed by atoms with van der Waals surface area (Å²) in [6.45, 7) is 3.28. The highest BCUT2D eigenvalue weighted by Crippen LogP contribution is 2.29. The Kier molecular flexibility index (Phi) is 8.37. The summed E-state index contributed by atoms with van der Waals surface area (Å²) in [4.78, 5) is 15.5. The third-order valence-electron chi connectivity index (χ3n) is 6.91. The van der Waals surface area contributed by atoms with Crippen LogP contribution in [0.4, 0.5) is 0 Å². The van der Waals surface area contributed by atoms with E-state index in [0.717, 1.165) is 44.5 Å². The van der Waals surface area contributed by atoms with Gasteiger partial charge in [-0.1, -0.05) is 72.8 Å². The predicted octanol–water partition coefficient (Wildman–Crippen LogP) is 4.64. The van der Waals surface area contributed by atoms with Gasteiger partial charge in [0.2, 0.25) is 5.91 Å². The molecule has 1 heterocycles. The minimum absolute atomic E-state index is 0.0283. The van der Waals surface area contributed by atoms with Gasteiger partial charge >= 0.3 is 0 Å². The summed E-state index contributed by atoms with van der Waals surface area (Å²) in [6, 6.07) is 28.1. The Bertz CT molecular complexity index is 1150. The molecule has 1 aliphatic rings. The monoisotopic (exact) mass is 490 g/mol. The second-order valence-electron chi connectivity index (χ2n) is 9.41. The van der Waals surface area contributed by atoms with Crippen LogP contribution < -0.4 is 5.32 Å². The molecule has 1 amide bonds. The van der Waals surface area contributed by atoms with E-state index in [1.807, 2.05) is 0 Å². The van der Waals surface area contributed by atoms with Gasteiger partial charge in [0.1, 0.15) is 0 Å². The zero-order valence-corrected chi connectivity index (χ0v) is 21.1. The van der Waals surface area contributed by atoms with E-state index in [9.17, 15) is 13.2 Å². The molecule has 1 saturated heterocycles. The number of piperidine rings is 1. The van der Waals surface area contributed by atoms with E-state index in [1.54, 1.807) is 24.3 Å². The molecule has 0 radical (unpaired) electrons. The van der Waals surface area contributed by atoms with Crippen LogP contribution in [0.1, 0.15) is 41.9 Å². The van der Waals surface area contributed by atoms with Crippen molar-refractivity contribution in [3.05, 3.63) is 102 Å². The number of amides is 1. The summed E-state index contributed by atoms with van der Waals surface area (Å²) in [5.41, 5.74) is 3.59. The van der Waals surface area contributed by atoms with Crippen molar-refractivity contribution in [1.82, 2.24) is 10.2 Å². The molecule has 5 nitrogen and oxygen atoms in total. The first-order valence-corrected chi connectivity index (χ1v) is 14.2. The molecular formula is C29H34N2O3S. The van der Waals surface area contributed by atoms with Gasteiger partial charge in [-0.2, -0.15) is 0 Å². The van der Waals surface area contributed by atoms with Gasteiger partial charge in [-0.25, -0.2) is 8.42 Å². The minimum Gasteiger partial charge on any atom is -0.352 e. The Balaban J connectivity index is 1.25. The largest absolute Gasteiger partial charge is 0.352 e. The van der Waals surface area contributed by atoms with Crippen LogP contribution in [0.15, 0.2) is 89.8 Å². The number of nitrogens with zero attached hydrogens (tertiary/aromatic N) is 1. The summed E-state index contributed by atoms with van der Waals surface area (Å²) in [5.74, 6) is 0.483. The maximum absolute atomic E-state index is 12.7. The van der Waals surface area contributed by atoms with Crippen molar-refractivity contribution in [1.29, 1.82) is 0 Å². The number of rotatable bonds is 9. The van der Waals surface area contributed by atoms with Crippen molar-refractivity contribution in [2.24, 2.45) is 5.92 Å². The number of hydrogen-bond donors (Lipinski definition) is 1. The van der Waals surface area contributed by atoms with E-state index in [2.05, 4.69) is 70.9 Å². The number of carbonyl (C=O) groups excluding carboxylic acids is 1. The zero-order valence-electron chi connectivity index (χ0n) is 20.3. The molecule has 0 spiro atoms. The summed E-state index contributed by atoms with van der Waals surface area (Å²) >= 11 is 0. The molecule has 0 aliphatic carbocycles. The van der Waals surface area contributed by atoms with E-state index < -0.39 is 9.84 Å². The van der Waals surface area contributed by atoms with Gasteiger partial charge in [-0.05, 0) is 67.7 Å². The standard InChI is InChI=1S/C29H34N2O3S/c1-35(33,34)27-14-12-23(13-15-27)22-30-29(32)26-16-19-31(20-17-26)21-18-28(24-8-4-2-5-9-24)25-10-6-3-7-11-25/h2-15,26,28H,16-22H2,1H3,(H,30,32). The van der Waals surface area contributed by atoms with Crippen LogP contribution in [0, 0.1) is 5.92 Å². The van der Waals surface area contributed by atoms with Crippen molar-refractivity contribution in [2.45, 2.75) is 36.6 Å². The minimum atomic E-state index is -3.21. The smallest absolute Gasteiger partial charge is 0.223 e. The maximum Gasteiger partial charge on any atom is 0.223 e. The Labute approximate surface area is 209 Å². The van der Waals surface area contributed by atoms with Gasteiger partial charge in [-0.3, -0.25) is 4.79 Å². The molecule has 0 atom stereocenters. The molecule has 1 aliphatic heterocycles. The highest BCUT2D eigenvalue weighted by Gasteiger charge is 2.25. The fourth-order valence-electron chi connectivity index (χ4n) is 4.81. The van der Waals surface area contributed by atoms with E-state index in [0.29, 0.717) is 17.4 Å². The van der Waals surface area contributed by atoms with Crippen molar-refractivity contribution in [3.63, 3.8) is 0 Å². The van der Waals surface area contributed by atoms with E-state index in [4.69, 9.17) is 0 Å². The SMILES string of the molecule is CS(=O)(=O)c1ccc(CNC(=O)C2CCN(CCC(c3ccccc3)c3ccccc3)CC2)cc1. The second-order valence-corrected chi connectivity index (χ2v) is 11.4. The molecule has 0 aromatic heterocycles. The van der Waals surface area contributed by atoms with Crippen LogP contribution in [-0.4, -0.2) is 45.1 Å². The summed E-state index contributed by atoms with van der Waals surface area (Å²) in [7, 11) is -3.21. The van der Waals surface area contributed by atoms with E-state index in [-0.39, 0.29) is 11.8 Å². The first-order valence-electron chi connectivity index (χ1n) is 12.3. The third kappa shape index (κ3) is 7.03. The summed E-state index contributed by atoms with van der Waals surface area (Å²) in [6.07, 6.45) is 3.97. The van der Waals surface area contributed by atoms with Gasteiger partial charge in [-0.15, -0.1) is 0 Å². The molecular weight excluding hydrogens is 456 g/mol. The lowest BCUT2D eigenvalue weighted by molar-refractivity contribution is -0.126. The lowest BCUT2D eigenvalue weighted by Crippen LogP contribution is -2.40. The maximum atomic E-state index is 12.7. The highest BCUT2D eigenvalue weighted by molar-refractivity contribution is 7.90. The first kappa shape index (κ1) is 25.1. The van der Waals surface area contributed by atoms with Crippen LogP contribution in [-0.2, 0) is 21.2 Å². The number of benzene rings is 3. The number of likely N-dealkylation sites (tertiary alicyclic amines) is 1. The third-order valence-corrected chi connectivity index (χ3v) is 8.04. The summed E-state index contributed by atoms with van der Waals surface area (Å²) in [5, 5.41) is 3.03. The van der Waals surface area contributed by atoms with E-state index in [1.165, 1.54) is 17.4 Å². The average Bonchev–Trinajstić information content (AvgIpc) is 2.89. The molecule has 1 N–H and O–H groups in total. The summed E-state index contributed by atoms with van der Waals surface area (Å²) < 4.78 is 23.2. The Hall–Kier alpha value is -2.96. The van der Waals surface area contributed by atoms with Gasteiger partial charge in [0.05, 0.1) is 4.90 Å². The number of nitrogens with one attached hydrogen (secondary N) is 1. The molecule has 3 aromatic rings. The molecule has 0 unspecified atom stereocenters. The number of sulfone groups is 1. The first-order chi connectivity index (χ1) is 16.9. The van der Waals surface area contributed by atoms with Crippen molar-refractivity contribution < 1.29 is 13.2 Å². The quantitative estimate of drug-likeness (QED) is 0.475. The Morgan fingerprint density at radius 2 is 1.43 bits per heavy atom. The lowest BCUT2D eigenvalue weighted by atomic mass is 9.88. The zero-order chi connectivity index (χ0) is 24.7. The molecule has 0 saturated carbocycles. The molecule has 3 aromatic carbocycles. The molecule has 184 valence electrons. The lowest BCUT2D eigenvalue weighted by Gasteiger charge is -2.32. The number of carbonyl (C=O) groups is 1. The van der Waals surface area contributed by atoms with Crippen LogP contribution in [0.5, 0.6) is 0 Å². The van der Waals surface area contributed by atoms with Crippen LogP contribution in [0.3, 0.4) is 0 Å². The molecule has 0 bridgehead atoms. The number of hydrogen-bond acceptors (Lipinski definition) is 4. The molecule has 6 heteroatoms. The van der Waals surface area contributed by atoms with Gasteiger partial charge in [0, 0.05) is 24.6 Å². The van der Waals surface area contributed by atoms with Crippen LogP contribution >= 0.6 is 0 Å². The fourth-order valence-corrected chi connectivity index (χ4v) is 5.45. The Morgan fingerprint density at radius 3 is 1.94 bits per heavy atom. The second kappa shape index (κ2) is 11.6. The van der Waals surface area contributed by atoms with Crippen molar-refractivity contribution in [2.75, 3.05) is 25.9 Å². The van der Waals surface area contributed by atoms with Gasteiger partial charge in [0.15, 0.2) is 9.84 Å². The van der Waals surface area contributed by atoms with Gasteiger partial charge < -0.3 is 10.2 Å². The van der Waals surface area contributed by atoms with Crippen LogP contribution in [0.25, 0.3) is 0 Å². The van der Waals surface area contributed by atoms with Crippen LogP contribution in [0.2, 0.25) is 0 Å². The van der Waals surface area contributed by atoms with E-state index >= 15 is 0 Å². The van der Waals surface area contributed by atoms with Gasteiger partial charge in [0.25, 0.3) is 0 Å². The topological polar surface area (TPSA) is 66.5 Å². The highest BCUT2D eigenvalue weighted by atomic mass is 32.2. The van der Waals surface area contributed by atoms with Crippen molar-refractivity contribution in [3.8, 4) is 0 Å². The normalized spacial score (nSPS) is 15.3.